The lowest BCUT2D eigenvalue weighted by molar-refractivity contribution is -0.137. The Morgan fingerprint density at radius 1 is 1.13 bits per heavy atom. The van der Waals surface area contributed by atoms with E-state index in [-0.39, 0.29) is 24.7 Å². The molecule has 0 saturated heterocycles. The SMILES string of the molecule is CCOC(=O)/C=C/CC[C@H](NSCc1ccc(Cl)cc1)C(=O)Nc1cccn(CC(=O)NCCC(C)C)c1=O. The van der Waals surface area contributed by atoms with Gasteiger partial charge in [0, 0.05) is 29.6 Å². The van der Waals surface area contributed by atoms with E-state index in [0.29, 0.717) is 36.1 Å². The van der Waals surface area contributed by atoms with E-state index < -0.39 is 23.5 Å². The number of carbonyl (C=O) groups is 3. The van der Waals surface area contributed by atoms with Gasteiger partial charge in [-0.1, -0.05) is 55.6 Å². The number of halogens is 1. The normalized spacial score (nSPS) is 11.9. The molecule has 39 heavy (non-hydrogen) atoms. The maximum Gasteiger partial charge on any atom is 0.330 e. The van der Waals surface area contributed by atoms with Gasteiger partial charge in [0.15, 0.2) is 0 Å². The second-order valence-corrected chi connectivity index (χ2v) is 10.4. The first-order valence-corrected chi connectivity index (χ1v) is 14.3. The van der Waals surface area contributed by atoms with Gasteiger partial charge in [-0.25, -0.2) is 4.79 Å². The van der Waals surface area contributed by atoms with Gasteiger partial charge in [-0.15, -0.1) is 0 Å². The number of nitrogens with one attached hydrogen (secondary N) is 3. The van der Waals surface area contributed by atoms with E-state index in [1.165, 1.54) is 34.9 Å². The predicted octanol–water partition coefficient (Wildman–Crippen LogP) is 4.31. The first kappa shape index (κ1) is 32.1. The van der Waals surface area contributed by atoms with Crippen molar-refractivity contribution in [3.8, 4) is 0 Å². The summed E-state index contributed by atoms with van der Waals surface area (Å²) in [7, 11) is 0. The van der Waals surface area contributed by atoms with E-state index in [9.17, 15) is 19.2 Å². The van der Waals surface area contributed by atoms with Crippen molar-refractivity contribution in [3.05, 3.63) is 75.7 Å². The van der Waals surface area contributed by atoms with Crippen LogP contribution >= 0.6 is 23.5 Å². The number of amides is 2. The summed E-state index contributed by atoms with van der Waals surface area (Å²) in [4.78, 5) is 49.9. The molecule has 2 rings (SSSR count). The number of benzene rings is 1. The van der Waals surface area contributed by atoms with Gasteiger partial charge in [-0.3, -0.25) is 19.1 Å². The molecule has 2 aromatic rings. The van der Waals surface area contributed by atoms with Crippen molar-refractivity contribution in [2.24, 2.45) is 5.92 Å². The van der Waals surface area contributed by atoms with Crippen LogP contribution in [0.25, 0.3) is 0 Å². The second-order valence-electron chi connectivity index (χ2n) is 9.19. The fraction of sp³-hybridized carbons (Fsp3) is 0.429. The number of hydrogen-bond donors (Lipinski definition) is 3. The van der Waals surface area contributed by atoms with Crippen LogP contribution in [0.5, 0.6) is 0 Å². The van der Waals surface area contributed by atoms with E-state index in [1.807, 2.05) is 12.1 Å². The molecule has 212 valence electrons. The number of hydrogen-bond acceptors (Lipinski definition) is 7. The summed E-state index contributed by atoms with van der Waals surface area (Å²) >= 11 is 7.30. The molecule has 1 aromatic heterocycles. The molecule has 0 fully saturated rings. The molecule has 3 N–H and O–H groups in total. The molecule has 0 saturated carbocycles. The number of pyridine rings is 1. The van der Waals surface area contributed by atoms with E-state index >= 15 is 0 Å². The molecule has 0 unspecified atom stereocenters. The summed E-state index contributed by atoms with van der Waals surface area (Å²) in [5.74, 6) is -0.0733. The van der Waals surface area contributed by atoms with Crippen LogP contribution in [0.1, 0.15) is 45.6 Å². The zero-order chi connectivity index (χ0) is 28.6. The van der Waals surface area contributed by atoms with Crippen molar-refractivity contribution in [3.63, 3.8) is 0 Å². The average Bonchev–Trinajstić information content (AvgIpc) is 2.88. The van der Waals surface area contributed by atoms with Gasteiger partial charge in [0.2, 0.25) is 11.8 Å². The minimum Gasteiger partial charge on any atom is -0.463 e. The van der Waals surface area contributed by atoms with E-state index in [2.05, 4.69) is 29.2 Å². The summed E-state index contributed by atoms with van der Waals surface area (Å²) in [6.45, 7) is 6.54. The Morgan fingerprint density at radius 2 is 1.87 bits per heavy atom. The number of allylic oxidation sites excluding steroid dienone is 1. The van der Waals surface area contributed by atoms with Crippen molar-refractivity contribution >= 4 is 47.0 Å². The maximum absolute atomic E-state index is 13.2. The molecule has 1 heterocycles. The maximum atomic E-state index is 13.2. The van der Waals surface area contributed by atoms with Crippen molar-refractivity contribution in [1.29, 1.82) is 0 Å². The molecule has 0 radical (unpaired) electrons. The molecule has 1 atom stereocenters. The van der Waals surface area contributed by atoms with Gasteiger partial charge in [-0.05, 0) is 61.9 Å². The molecule has 0 aliphatic carbocycles. The lowest BCUT2D eigenvalue weighted by Gasteiger charge is -2.18. The van der Waals surface area contributed by atoms with Gasteiger partial charge in [0.1, 0.15) is 12.2 Å². The van der Waals surface area contributed by atoms with Gasteiger partial charge >= 0.3 is 5.97 Å². The summed E-state index contributed by atoms with van der Waals surface area (Å²) in [6.07, 6.45) is 6.14. The molecule has 0 spiro atoms. The molecular formula is C28H37ClN4O5S. The number of esters is 1. The largest absolute Gasteiger partial charge is 0.463 e. The van der Waals surface area contributed by atoms with E-state index in [0.717, 1.165) is 12.0 Å². The third kappa shape index (κ3) is 12.5. The lowest BCUT2D eigenvalue weighted by Crippen LogP contribution is -2.39. The Morgan fingerprint density at radius 3 is 2.56 bits per heavy atom. The fourth-order valence-corrected chi connectivity index (χ4v) is 4.36. The number of anilines is 1. The number of nitrogens with zero attached hydrogens (tertiary/aromatic N) is 1. The van der Waals surface area contributed by atoms with Crippen LogP contribution in [0.15, 0.2) is 59.5 Å². The smallest absolute Gasteiger partial charge is 0.330 e. The monoisotopic (exact) mass is 576 g/mol. The Kier molecular flexibility index (Phi) is 14.4. The number of carbonyl (C=O) groups excluding carboxylic acids is 3. The highest BCUT2D eigenvalue weighted by Crippen LogP contribution is 2.15. The first-order chi connectivity index (χ1) is 18.7. The lowest BCUT2D eigenvalue weighted by atomic mass is 10.1. The average molecular weight is 577 g/mol. The fourth-order valence-electron chi connectivity index (χ4n) is 3.37. The number of aromatic nitrogens is 1. The molecule has 0 aliphatic rings. The number of ether oxygens (including phenoxy) is 1. The van der Waals surface area contributed by atoms with Crippen LogP contribution in [0, 0.1) is 5.92 Å². The molecule has 9 nitrogen and oxygen atoms in total. The third-order valence-corrected chi connectivity index (χ3v) is 6.67. The second kappa shape index (κ2) is 17.5. The van der Waals surface area contributed by atoms with Gasteiger partial charge in [0.05, 0.1) is 12.6 Å². The molecule has 1 aromatic carbocycles. The predicted molar refractivity (Wildman–Crippen MR) is 156 cm³/mol. The van der Waals surface area contributed by atoms with Gasteiger partial charge in [-0.2, -0.15) is 0 Å². The Hall–Kier alpha value is -3.08. The standard InChI is InChI=1S/C28H37ClN4O5S/c1-4-38-26(35)10-6-5-8-23(32-39-19-21-11-13-22(29)14-12-21)27(36)31-24-9-7-17-33(28(24)37)18-25(34)30-16-15-20(2)3/h6-7,9-14,17,20,23,32H,4-5,8,15-16,18-19H2,1-3H3,(H,30,34)(H,31,36)/b10-6+/t23-/m0/s1. The quantitative estimate of drug-likeness (QED) is 0.155. The van der Waals surface area contributed by atoms with Crippen molar-refractivity contribution in [1.82, 2.24) is 14.6 Å². The van der Waals surface area contributed by atoms with Crippen LogP contribution < -0.4 is 20.9 Å². The van der Waals surface area contributed by atoms with Gasteiger partial charge < -0.3 is 19.9 Å². The highest BCUT2D eigenvalue weighted by molar-refractivity contribution is 7.96. The zero-order valence-corrected chi connectivity index (χ0v) is 24.1. The Labute approximate surface area is 238 Å². The zero-order valence-electron chi connectivity index (χ0n) is 22.6. The highest BCUT2D eigenvalue weighted by atomic mass is 35.5. The topological polar surface area (TPSA) is 119 Å². The molecule has 11 heteroatoms. The third-order valence-electron chi connectivity index (χ3n) is 5.49. The Balaban J connectivity index is 2.04. The van der Waals surface area contributed by atoms with Gasteiger partial charge in [0.25, 0.3) is 5.56 Å². The van der Waals surface area contributed by atoms with Crippen LogP contribution in [-0.4, -0.2) is 41.5 Å². The van der Waals surface area contributed by atoms with E-state index in [1.54, 1.807) is 31.2 Å². The summed E-state index contributed by atoms with van der Waals surface area (Å²) in [5, 5.41) is 6.14. The van der Waals surface area contributed by atoms with Crippen LogP contribution in [0.4, 0.5) is 5.69 Å². The molecule has 2 amide bonds. The summed E-state index contributed by atoms with van der Waals surface area (Å²) in [5.41, 5.74) is 0.629. The molecular weight excluding hydrogens is 540 g/mol. The van der Waals surface area contributed by atoms with Crippen molar-refractivity contribution in [2.75, 3.05) is 18.5 Å². The minimum atomic E-state index is -0.665. The van der Waals surface area contributed by atoms with Crippen molar-refractivity contribution < 1.29 is 19.1 Å². The number of rotatable bonds is 16. The molecule has 0 bridgehead atoms. The van der Waals surface area contributed by atoms with E-state index in [4.69, 9.17) is 16.3 Å². The summed E-state index contributed by atoms with van der Waals surface area (Å²) < 4.78 is 9.31. The minimum absolute atomic E-state index is 0.0778. The summed E-state index contributed by atoms with van der Waals surface area (Å²) in [6, 6.07) is 9.85. The first-order valence-electron chi connectivity index (χ1n) is 12.9. The van der Waals surface area contributed by atoms with Crippen LogP contribution in [0.3, 0.4) is 0 Å². The highest BCUT2D eigenvalue weighted by Gasteiger charge is 2.19. The Bertz CT molecular complexity index is 1170. The van der Waals surface area contributed by atoms with Crippen LogP contribution in [-0.2, 0) is 31.4 Å². The van der Waals surface area contributed by atoms with Crippen LogP contribution in [0.2, 0.25) is 5.02 Å². The molecule has 0 aliphatic heterocycles. The van der Waals surface area contributed by atoms with Crippen molar-refractivity contribution in [2.45, 2.75) is 58.4 Å².